The van der Waals surface area contributed by atoms with Gasteiger partial charge in [0.05, 0.1) is 0 Å². The van der Waals surface area contributed by atoms with Crippen molar-refractivity contribution in [2.45, 2.75) is 638 Å². The smallest absolute Gasteiger partial charge is 0.0383 e. The van der Waals surface area contributed by atoms with Crippen LogP contribution in [0.15, 0.2) is 0 Å². The Bertz CT molecular complexity index is 1340. The van der Waals surface area contributed by atoms with E-state index in [0.717, 1.165) is 0 Å². The van der Waals surface area contributed by atoms with Crippen LogP contribution in [0, 0.1) is 5.41 Å². The molecule has 0 fully saturated rings. The molecule has 0 amide bonds. The van der Waals surface area contributed by atoms with Gasteiger partial charge < -0.3 is 0 Å². The molecule has 0 nitrogen and oxygen atoms in total. The molecule has 0 heterocycles. The summed E-state index contributed by atoms with van der Waals surface area (Å²) >= 11 is 0. The minimum atomic E-state index is 0.529. The number of hydrogen-bond donors (Lipinski definition) is 0. The molecule has 0 aliphatic rings. The zero-order valence-corrected chi connectivity index (χ0v) is 71.7. The SMILES string of the molecule is CCCCCCCCCCCCCCCCCCCCCCCCCCCCCCCCCCCCCCCCCCCCCCCCCCCCCCCCCCCCCCCCCCCCCCCCCCCCCCCCCCCCCCCCCCCCCCCCC(C)(C)C. The molecule has 0 saturated heterocycles. The van der Waals surface area contributed by atoms with Gasteiger partial charge in [-0.25, -0.2) is 0 Å². The van der Waals surface area contributed by atoms with E-state index in [2.05, 4.69) is 27.7 Å². The second kappa shape index (κ2) is 93.2. The van der Waals surface area contributed by atoms with Crippen LogP contribution in [0.3, 0.4) is 0 Å². The van der Waals surface area contributed by atoms with Gasteiger partial charge in [-0.15, -0.1) is 0 Å². The van der Waals surface area contributed by atoms with Crippen molar-refractivity contribution in [1.82, 2.24) is 0 Å². The molecule has 0 aromatic heterocycles. The van der Waals surface area contributed by atoms with E-state index in [0.29, 0.717) is 5.41 Å². The van der Waals surface area contributed by atoms with E-state index in [-0.39, 0.29) is 0 Å². The van der Waals surface area contributed by atoms with Crippen LogP contribution in [0.25, 0.3) is 0 Å². The van der Waals surface area contributed by atoms with Gasteiger partial charge in [0.25, 0.3) is 0 Å². The van der Waals surface area contributed by atoms with E-state index in [9.17, 15) is 0 Å². The molecule has 0 heteroatoms. The topological polar surface area (TPSA) is 0 Å². The summed E-state index contributed by atoms with van der Waals surface area (Å²) in [5.41, 5.74) is 0.529. The van der Waals surface area contributed by atoms with Gasteiger partial charge in [0, 0.05) is 0 Å². The van der Waals surface area contributed by atoms with Crippen molar-refractivity contribution in [3.63, 3.8) is 0 Å². The van der Waals surface area contributed by atoms with Gasteiger partial charge in [0.1, 0.15) is 0 Å². The highest BCUT2D eigenvalue weighted by Gasteiger charge is 2.09. The molecular formula is C100H202. The molecule has 0 bridgehead atoms. The highest BCUT2D eigenvalue weighted by molar-refractivity contribution is 4.63. The maximum Gasteiger partial charge on any atom is -0.0383 e. The molecule has 0 rings (SSSR count). The minimum Gasteiger partial charge on any atom is -0.0654 e. The third kappa shape index (κ3) is 98.0. The quantitative estimate of drug-likeness (QED) is 0.0533. The van der Waals surface area contributed by atoms with E-state index < -0.39 is 0 Å². The predicted molar refractivity (Wildman–Crippen MR) is 464 cm³/mol. The Balaban J connectivity index is 3.09. The van der Waals surface area contributed by atoms with E-state index in [1.807, 2.05) is 0 Å². The Morgan fingerprint density at radius 2 is 0.150 bits per heavy atom. The molecule has 0 aliphatic heterocycles. The normalized spacial score (nSPS) is 12.0. The molecule has 602 valence electrons. The lowest BCUT2D eigenvalue weighted by atomic mass is 9.89. The molecular weight excluding hydrogens is 1200 g/mol. The molecule has 0 spiro atoms. The first-order valence-corrected chi connectivity index (χ1v) is 49.6. The summed E-state index contributed by atoms with van der Waals surface area (Å²) in [5, 5.41) is 0. The summed E-state index contributed by atoms with van der Waals surface area (Å²) < 4.78 is 0. The van der Waals surface area contributed by atoms with Crippen LogP contribution in [0.4, 0.5) is 0 Å². The van der Waals surface area contributed by atoms with Crippen LogP contribution < -0.4 is 0 Å². The molecule has 0 aliphatic carbocycles. The summed E-state index contributed by atoms with van der Waals surface area (Å²) in [6.45, 7) is 9.46. The van der Waals surface area contributed by atoms with Gasteiger partial charge >= 0.3 is 0 Å². The first-order valence-electron chi connectivity index (χ1n) is 49.6. The van der Waals surface area contributed by atoms with Crippen LogP contribution in [0.5, 0.6) is 0 Å². The lowest BCUT2D eigenvalue weighted by molar-refractivity contribution is 0.356. The average Bonchev–Trinajstić information content (AvgIpc) is 3.14. The van der Waals surface area contributed by atoms with Crippen LogP contribution in [0.2, 0.25) is 0 Å². The maximum atomic E-state index is 2.38. The Labute approximate surface area is 639 Å². The molecule has 100 heavy (non-hydrogen) atoms. The first kappa shape index (κ1) is 100. The van der Waals surface area contributed by atoms with E-state index >= 15 is 0 Å². The lowest BCUT2D eigenvalue weighted by Gasteiger charge is -2.17. The predicted octanol–water partition coefficient (Wildman–Crippen LogP) is 39.1. The maximum absolute atomic E-state index is 2.38. The monoisotopic (exact) mass is 1400 g/mol. The van der Waals surface area contributed by atoms with E-state index in [1.54, 1.807) is 0 Å². The Morgan fingerprint density at radius 1 is 0.0900 bits per heavy atom. The lowest BCUT2D eigenvalue weighted by Crippen LogP contribution is -2.03. The Hall–Kier alpha value is 0. The summed E-state index contributed by atoms with van der Waals surface area (Å²) in [4.78, 5) is 0. The van der Waals surface area contributed by atoms with Crippen molar-refractivity contribution in [3.8, 4) is 0 Å². The summed E-state index contributed by atoms with van der Waals surface area (Å²) in [6, 6.07) is 0. The van der Waals surface area contributed by atoms with Crippen LogP contribution in [0.1, 0.15) is 638 Å². The molecule has 0 radical (unpaired) electrons. The van der Waals surface area contributed by atoms with Crippen LogP contribution >= 0.6 is 0 Å². The Kier molecular flexibility index (Phi) is 93.2. The van der Waals surface area contributed by atoms with Gasteiger partial charge in [0.2, 0.25) is 0 Å². The third-order valence-corrected chi connectivity index (χ3v) is 24.3. The fourth-order valence-corrected chi connectivity index (χ4v) is 17.0. The second-order valence-corrected chi connectivity index (χ2v) is 36.2. The summed E-state index contributed by atoms with van der Waals surface area (Å²) in [5.74, 6) is 0. The average molecular weight is 1400 g/mol. The molecule has 0 N–H and O–H groups in total. The molecule has 0 saturated carbocycles. The first-order chi connectivity index (χ1) is 49.6. The standard InChI is InChI=1S/C100H202/c1-5-6-7-8-9-10-11-12-13-14-15-16-17-18-19-20-21-22-23-24-25-26-27-28-29-30-31-32-33-34-35-36-37-38-39-40-41-42-43-44-45-46-47-48-49-50-51-52-53-54-55-56-57-58-59-60-61-62-63-64-65-66-67-68-69-70-71-72-73-74-75-76-77-78-79-80-81-82-83-84-85-86-87-88-89-90-91-92-93-94-95-96-97-98-99-100(2,3)4/h5-99H2,1-4H3. The van der Waals surface area contributed by atoms with E-state index in [4.69, 9.17) is 0 Å². The Morgan fingerprint density at radius 3 is 0.210 bits per heavy atom. The number of unbranched alkanes of at least 4 members (excludes halogenated alkanes) is 93. The largest absolute Gasteiger partial charge is 0.0654 e. The van der Waals surface area contributed by atoms with Crippen molar-refractivity contribution in [1.29, 1.82) is 0 Å². The molecule has 0 atom stereocenters. The number of rotatable bonds is 94. The zero-order chi connectivity index (χ0) is 71.7. The highest BCUT2D eigenvalue weighted by Crippen LogP contribution is 2.25. The minimum absolute atomic E-state index is 0.529. The van der Waals surface area contributed by atoms with Gasteiger partial charge in [-0.1, -0.05) is 631 Å². The summed E-state index contributed by atoms with van der Waals surface area (Å²) in [7, 11) is 0. The second-order valence-electron chi connectivity index (χ2n) is 36.2. The van der Waals surface area contributed by atoms with Crippen molar-refractivity contribution in [2.24, 2.45) is 5.41 Å². The van der Waals surface area contributed by atoms with Crippen LogP contribution in [-0.4, -0.2) is 0 Å². The number of hydrogen-bond acceptors (Lipinski definition) is 0. The van der Waals surface area contributed by atoms with Gasteiger partial charge in [-0.2, -0.15) is 0 Å². The molecule has 0 aromatic carbocycles. The van der Waals surface area contributed by atoms with Crippen molar-refractivity contribution >= 4 is 0 Å². The van der Waals surface area contributed by atoms with Gasteiger partial charge in [-0.05, 0) is 11.8 Å². The zero-order valence-electron chi connectivity index (χ0n) is 71.7. The van der Waals surface area contributed by atoms with Crippen molar-refractivity contribution in [2.75, 3.05) is 0 Å². The molecule has 0 aromatic rings. The fourth-order valence-electron chi connectivity index (χ4n) is 17.0. The summed E-state index contributed by atoms with van der Waals surface area (Å²) in [6.07, 6.45) is 142. The van der Waals surface area contributed by atoms with Crippen LogP contribution in [-0.2, 0) is 0 Å². The van der Waals surface area contributed by atoms with Gasteiger partial charge in [-0.3, -0.25) is 0 Å². The van der Waals surface area contributed by atoms with Crippen molar-refractivity contribution < 1.29 is 0 Å². The fraction of sp³-hybridized carbons (Fsp3) is 1.00. The highest BCUT2D eigenvalue weighted by atomic mass is 14.2. The van der Waals surface area contributed by atoms with E-state index in [1.165, 1.54) is 610 Å². The van der Waals surface area contributed by atoms with Gasteiger partial charge in [0.15, 0.2) is 0 Å². The van der Waals surface area contributed by atoms with Crippen molar-refractivity contribution in [3.05, 3.63) is 0 Å². The molecule has 0 unspecified atom stereocenters. The third-order valence-electron chi connectivity index (χ3n) is 24.3.